The SMILES string of the molecule is c1ccc(-c2ccc(-c3ccc(-c4cccc(-c5ccc(-c6ccc(-c7ccccc7)cc6)cc5)n4)cc3)cc2)cc1. The molecule has 7 rings (SSSR count). The van der Waals surface area contributed by atoms with Crippen molar-refractivity contribution >= 4 is 0 Å². The highest BCUT2D eigenvalue weighted by Crippen LogP contribution is 2.30. The van der Waals surface area contributed by atoms with Crippen LogP contribution in [-0.4, -0.2) is 4.98 Å². The predicted molar refractivity (Wildman–Crippen MR) is 177 cm³/mol. The van der Waals surface area contributed by atoms with Gasteiger partial charge < -0.3 is 0 Å². The molecule has 198 valence electrons. The molecule has 0 spiro atoms. The maximum Gasteiger partial charge on any atom is 0.0709 e. The molecule has 1 heteroatoms. The molecular formula is C41H29N. The number of rotatable bonds is 6. The minimum absolute atomic E-state index is 0.971. The van der Waals surface area contributed by atoms with Gasteiger partial charge in [-0.15, -0.1) is 0 Å². The summed E-state index contributed by atoms with van der Waals surface area (Å²) in [6, 6.07) is 62.1. The number of benzene rings is 6. The summed E-state index contributed by atoms with van der Waals surface area (Å²) < 4.78 is 0. The van der Waals surface area contributed by atoms with Crippen molar-refractivity contribution in [2.24, 2.45) is 0 Å². The lowest BCUT2D eigenvalue weighted by Crippen LogP contribution is -1.88. The van der Waals surface area contributed by atoms with Crippen LogP contribution >= 0.6 is 0 Å². The van der Waals surface area contributed by atoms with E-state index < -0.39 is 0 Å². The molecular weight excluding hydrogens is 506 g/mol. The fraction of sp³-hybridized carbons (Fsp3) is 0. The Morgan fingerprint density at radius 1 is 0.190 bits per heavy atom. The van der Waals surface area contributed by atoms with Gasteiger partial charge in [0.05, 0.1) is 11.4 Å². The Morgan fingerprint density at radius 3 is 0.714 bits per heavy atom. The minimum atomic E-state index is 0.971. The van der Waals surface area contributed by atoms with Crippen molar-refractivity contribution < 1.29 is 0 Å². The summed E-state index contributed by atoms with van der Waals surface area (Å²) in [6.07, 6.45) is 0. The Labute approximate surface area is 247 Å². The lowest BCUT2D eigenvalue weighted by atomic mass is 9.98. The van der Waals surface area contributed by atoms with Crippen LogP contribution in [0.3, 0.4) is 0 Å². The van der Waals surface area contributed by atoms with Gasteiger partial charge in [-0.1, -0.05) is 164 Å². The second kappa shape index (κ2) is 11.5. The molecule has 0 radical (unpaired) electrons. The van der Waals surface area contributed by atoms with Crippen LogP contribution in [0.25, 0.3) is 67.0 Å². The molecule has 1 aromatic heterocycles. The van der Waals surface area contributed by atoms with Gasteiger partial charge in [-0.05, 0) is 56.6 Å². The van der Waals surface area contributed by atoms with Crippen LogP contribution in [0.2, 0.25) is 0 Å². The van der Waals surface area contributed by atoms with Crippen LogP contribution in [0.1, 0.15) is 0 Å². The van der Waals surface area contributed by atoms with E-state index in [1.165, 1.54) is 44.5 Å². The summed E-state index contributed by atoms with van der Waals surface area (Å²) in [5.74, 6) is 0. The first kappa shape index (κ1) is 25.4. The summed E-state index contributed by atoms with van der Waals surface area (Å²) >= 11 is 0. The molecule has 0 saturated carbocycles. The van der Waals surface area contributed by atoms with Crippen molar-refractivity contribution in [3.63, 3.8) is 0 Å². The van der Waals surface area contributed by atoms with Crippen molar-refractivity contribution in [1.82, 2.24) is 4.98 Å². The zero-order valence-corrected chi connectivity index (χ0v) is 23.2. The van der Waals surface area contributed by atoms with E-state index in [9.17, 15) is 0 Å². The van der Waals surface area contributed by atoms with Gasteiger partial charge >= 0.3 is 0 Å². The normalized spacial score (nSPS) is 10.9. The molecule has 0 aliphatic carbocycles. The Morgan fingerprint density at radius 2 is 0.429 bits per heavy atom. The van der Waals surface area contributed by atoms with E-state index in [0.717, 1.165) is 22.5 Å². The fourth-order valence-corrected chi connectivity index (χ4v) is 5.39. The number of aromatic nitrogens is 1. The molecule has 0 unspecified atom stereocenters. The smallest absolute Gasteiger partial charge is 0.0709 e. The Hall–Kier alpha value is -5.53. The van der Waals surface area contributed by atoms with Crippen LogP contribution in [0.15, 0.2) is 176 Å². The van der Waals surface area contributed by atoms with Crippen LogP contribution in [0.4, 0.5) is 0 Å². The highest BCUT2D eigenvalue weighted by atomic mass is 14.7. The van der Waals surface area contributed by atoms with E-state index in [1.54, 1.807) is 0 Å². The van der Waals surface area contributed by atoms with Gasteiger partial charge in [-0.25, -0.2) is 4.98 Å². The molecule has 1 nitrogen and oxygen atoms in total. The van der Waals surface area contributed by atoms with Crippen molar-refractivity contribution in [3.8, 4) is 67.0 Å². The molecule has 42 heavy (non-hydrogen) atoms. The minimum Gasteiger partial charge on any atom is -0.248 e. The van der Waals surface area contributed by atoms with E-state index in [0.29, 0.717) is 0 Å². The maximum atomic E-state index is 5.01. The molecule has 0 N–H and O–H groups in total. The average Bonchev–Trinajstić information content (AvgIpc) is 3.09. The van der Waals surface area contributed by atoms with Gasteiger partial charge in [0, 0.05) is 11.1 Å². The van der Waals surface area contributed by atoms with Crippen molar-refractivity contribution in [3.05, 3.63) is 176 Å². The zero-order valence-electron chi connectivity index (χ0n) is 23.2. The molecule has 0 bridgehead atoms. The fourth-order valence-electron chi connectivity index (χ4n) is 5.39. The van der Waals surface area contributed by atoms with Crippen molar-refractivity contribution in [2.75, 3.05) is 0 Å². The maximum absolute atomic E-state index is 5.01. The Balaban J connectivity index is 1.07. The average molecular weight is 536 g/mol. The van der Waals surface area contributed by atoms with E-state index in [4.69, 9.17) is 4.98 Å². The quantitative estimate of drug-likeness (QED) is 0.206. The first-order valence-corrected chi connectivity index (χ1v) is 14.3. The van der Waals surface area contributed by atoms with Crippen LogP contribution < -0.4 is 0 Å². The predicted octanol–water partition coefficient (Wildman–Crippen LogP) is 11.1. The zero-order chi connectivity index (χ0) is 28.1. The molecule has 1 heterocycles. The standard InChI is InChI=1S/C41H29N/c1-3-8-30(9-4-1)32-14-18-34(19-15-32)36-22-26-38(27-23-36)40-12-7-13-41(42-40)39-28-24-37(25-29-39)35-20-16-33(17-21-35)31-10-5-2-6-11-31/h1-29H. The van der Waals surface area contributed by atoms with Gasteiger partial charge in [0.25, 0.3) is 0 Å². The van der Waals surface area contributed by atoms with Gasteiger partial charge in [-0.3, -0.25) is 0 Å². The first-order chi connectivity index (χ1) is 20.8. The van der Waals surface area contributed by atoms with E-state index >= 15 is 0 Å². The van der Waals surface area contributed by atoms with Gasteiger partial charge in [0.2, 0.25) is 0 Å². The Bertz CT molecular complexity index is 1760. The van der Waals surface area contributed by atoms with Gasteiger partial charge in [0.15, 0.2) is 0 Å². The van der Waals surface area contributed by atoms with E-state index in [-0.39, 0.29) is 0 Å². The molecule has 0 amide bonds. The summed E-state index contributed by atoms with van der Waals surface area (Å²) in [5, 5.41) is 0. The van der Waals surface area contributed by atoms with Gasteiger partial charge in [-0.2, -0.15) is 0 Å². The summed E-state index contributed by atoms with van der Waals surface area (Å²) in [5.41, 5.74) is 13.9. The summed E-state index contributed by atoms with van der Waals surface area (Å²) in [7, 11) is 0. The second-order valence-corrected chi connectivity index (χ2v) is 10.4. The van der Waals surface area contributed by atoms with Crippen LogP contribution in [0.5, 0.6) is 0 Å². The number of hydrogen-bond acceptors (Lipinski definition) is 1. The lowest BCUT2D eigenvalue weighted by molar-refractivity contribution is 1.32. The molecule has 0 aliphatic heterocycles. The van der Waals surface area contributed by atoms with Crippen molar-refractivity contribution in [1.29, 1.82) is 0 Å². The highest BCUT2D eigenvalue weighted by molar-refractivity contribution is 5.75. The third-order valence-corrected chi connectivity index (χ3v) is 7.76. The van der Waals surface area contributed by atoms with Gasteiger partial charge in [0.1, 0.15) is 0 Å². The molecule has 0 atom stereocenters. The molecule has 0 fully saturated rings. The molecule has 0 saturated heterocycles. The van der Waals surface area contributed by atoms with Crippen molar-refractivity contribution in [2.45, 2.75) is 0 Å². The molecule has 0 aliphatic rings. The second-order valence-electron chi connectivity index (χ2n) is 10.4. The van der Waals surface area contributed by atoms with Crippen LogP contribution in [0, 0.1) is 0 Å². The molecule has 7 aromatic rings. The van der Waals surface area contributed by atoms with Crippen LogP contribution in [-0.2, 0) is 0 Å². The third-order valence-electron chi connectivity index (χ3n) is 7.76. The number of hydrogen-bond donors (Lipinski definition) is 0. The summed E-state index contributed by atoms with van der Waals surface area (Å²) in [6.45, 7) is 0. The number of pyridine rings is 1. The monoisotopic (exact) mass is 535 g/mol. The Kier molecular flexibility index (Phi) is 6.98. The topological polar surface area (TPSA) is 12.9 Å². The first-order valence-electron chi connectivity index (χ1n) is 14.3. The van der Waals surface area contributed by atoms with E-state index in [2.05, 4.69) is 164 Å². The highest BCUT2D eigenvalue weighted by Gasteiger charge is 2.07. The third kappa shape index (κ3) is 5.41. The lowest BCUT2D eigenvalue weighted by Gasteiger charge is -2.09. The molecule has 6 aromatic carbocycles. The largest absolute Gasteiger partial charge is 0.248 e. The summed E-state index contributed by atoms with van der Waals surface area (Å²) in [4.78, 5) is 5.01. The number of nitrogens with zero attached hydrogens (tertiary/aromatic N) is 1. The van der Waals surface area contributed by atoms with E-state index in [1.807, 2.05) is 12.1 Å².